The van der Waals surface area contributed by atoms with Crippen LogP contribution in [0.2, 0.25) is 0 Å². The monoisotopic (exact) mass is 334 g/mol. The third kappa shape index (κ3) is 2.07. The van der Waals surface area contributed by atoms with Crippen molar-refractivity contribution in [1.29, 1.82) is 10.5 Å². The first-order valence-electron chi connectivity index (χ1n) is 6.54. The van der Waals surface area contributed by atoms with Crippen molar-refractivity contribution in [2.24, 2.45) is 0 Å². The minimum atomic E-state index is 0.463. The fourth-order valence-corrected chi connectivity index (χ4v) is 3.06. The lowest BCUT2D eigenvalue weighted by atomic mass is 9.91. The molecule has 100 valence electrons. The van der Waals surface area contributed by atoms with Crippen LogP contribution in [0.1, 0.15) is 22.3 Å². The van der Waals surface area contributed by atoms with Gasteiger partial charge in [-0.15, -0.1) is 0 Å². The van der Waals surface area contributed by atoms with E-state index in [9.17, 15) is 10.5 Å². The Hall–Kier alpha value is -2.36. The summed E-state index contributed by atoms with van der Waals surface area (Å²) in [5.41, 5.74) is 3.22. The molecular formula is C18H11BrN2. The molecule has 0 fully saturated rings. The summed E-state index contributed by atoms with van der Waals surface area (Å²) in [5.74, 6) is 0. The molecule has 0 aromatic heterocycles. The first-order valence-corrected chi connectivity index (χ1v) is 7.67. The molecule has 3 heteroatoms. The molecular weight excluding hydrogens is 324 g/mol. The number of halogens is 1. The maximum Gasteiger partial charge on any atom is 0.101 e. The average molecular weight is 335 g/mol. The van der Waals surface area contributed by atoms with E-state index < -0.39 is 0 Å². The van der Waals surface area contributed by atoms with Crippen LogP contribution in [0.25, 0.3) is 21.5 Å². The third-order valence-corrected chi connectivity index (χ3v) is 4.36. The molecule has 3 rings (SSSR count). The lowest BCUT2D eigenvalue weighted by molar-refractivity contribution is 1.44. The second-order valence-corrected chi connectivity index (χ2v) is 5.60. The summed E-state index contributed by atoms with van der Waals surface area (Å²) in [6.45, 7) is 2.03. The molecule has 0 saturated heterocycles. The second-order valence-electron chi connectivity index (χ2n) is 5.04. The first-order chi connectivity index (χ1) is 10.2. The highest BCUT2D eigenvalue weighted by atomic mass is 79.9. The molecule has 0 aliphatic rings. The van der Waals surface area contributed by atoms with E-state index in [2.05, 4.69) is 40.2 Å². The molecule has 0 atom stereocenters. The SMILES string of the molecule is Cc1ccc2c(C#N)c(C#N)c3ccc(CBr)cc3c2c1. The largest absolute Gasteiger partial charge is 0.192 e. The van der Waals surface area contributed by atoms with Gasteiger partial charge in [0.2, 0.25) is 0 Å². The minimum absolute atomic E-state index is 0.463. The Morgan fingerprint density at radius 1 is 0.857 bits per heavy atom. The van der Waals surface area contributed by atoms with Crippen molar-refractivity contribution < 1.29 is 0 Å². The molecule has 0 amide bonds. The lowest BCUT2D eigenvalue weighted by Gasteiger charge is -2.11. The fourth-order valence-electron chi connectivity index (χ4n) is 2.72. The smallest absolute Gasteiger partial charge is 0.101 e. The van der Waals surface area contributed by atoms with Gasteiger partial charge in [0.05, 0.1) is 11.1 Å². The van der Waals surface area contributed by atoms with Crippen LogP contribution in [0.3, 0.4) is 0 Å². The maximum atomic E-state index is 9.48. The van der Waals surface area contributed by atoms with E-state index in [4.69, 9.17) is 0 Å². The van der Waals surface area contributed by atoms with Gasteiger partial charge in [0.25, 0.3) is 0 Å². The zero-order valence-corrected chi connectivity index (χ0v) is 13.0. The summed E-state index contributed by atoms with van der Waals surface area (Å²) in [6.07, 6.45) is 0. The maximum absolute atomic E-state index is 9.48. The molecule has 0 aliphatic carbocycles. The summed E-state index contributed by atoms with van der Waals surface area (Å²) in [4.78, 5) is 0. The van der Waals surface area contributed by atoms with Gasteiger partial charge in [0, 0.05) is 16.1 Å². The molecule has 0 aliphatic heterocycles. The predicted octanol–water partition coefficient (Wildman–Crippen LogP) is 4.94. The summed E-state index contributed by atoms with van der Waals surface area (Å²) >= 11 is 3.47. The Kier molecular flexibility index (Phi) is 3.37. The summed E-state index contributed by atoms with van der Waals surface area (Å²) in [7, 11) is 0. The Bertz CT molecular complexity index is 959. The van der Waals surface area contributed by atoms with Gasteiger partial charge in [-0.3, -0.25) is 0 Å². The standard InChI is InChI=1S/C18H11BrN2/c1-11-2-4-13-15(6-11)16-7-12(8-19)3-5-14(16)18(10-21)17(13)9-20/h2-7H,8H2,1H3. The molecule has 3 aromatic carbocycles. The molecule has 0 saturated carbocycles. The van der Waals surface area contributed by atoms with E-state index in [-0.39, 0.29) is 0 Å². The van der Waals surface area contributed by atoms with E-state index in [1.165, 1.54) is 0 Å². The molecule has 0 heterocycles. The highest BCUT2D eigenvalue weighted by Gasteiger charge is 2.14. The topological polar surface area (TPSA) is 47.6 Å². The summed E-state index contributed by atoms with van der Waals surface area (Å²) < 4.78 is 0. The highest BCUT2D eigenvalue weighted by Crippen LogP contribution is 2.33. The Morgan fingerprint density at radius 3 is 2.00 bits per heavy atom. The van der Waals surface area contributed by atoms with Gasteiger partial charge in [-0.1, -0.05) is 51.8 Å². The predicted molar refractivity (Wildman–Crippen MR) is 88.3 cm³/mol. The van der Waals surface area contributed by atoms with Crippen LogP contribution in [0.5, 0.6) is 0 Å². The summed E-state index contributed by atoms with van der Waals surface area (Å²) in [5, 5.41) is 23.5. The van der Waals surface area contributed by atoms with Crippen molar-refractivity contribution in [2.75, 3.05) is 0 Å². The van der Waals surface area contributed by atoms with E-state index in [0.29, 0.717) is 11.1 Å². The molecule has 0 spiro atoms. The molecule has 3 aromatic rings. The van der Waals surface area contributed by atoms with Crippen LogP contribution in [-0.4, -0.2) is 0 Å². The number of aryl methyl sites for hydroxylation is 1. The Morgan fingerprint density at radius 2 is 1.43 bits per heavy atom. The van der Waals surface area contributed by atoms with Crippen LogP contribution >= 0.6 is 15.9 Å². The third-order valence-electron chi connectivity index (χ3n) is 3.72. The average Bonchev–Trinajstić information content (AvgIpc) is 2.52. The number of fused-ring (bicyclic) bond motifs is 3. The van der Waals surface area contributed by atoms with Crippen molar-refractivity contribution in [2.45, 2.75) is 12.3 Å². The first kappa shape index (κ1) is 13.6. The van der Waals surface area contributed by atoms with Crippen LogP contribution in [-0.2, 0) is 5.33 Å². The number of hydrogen-bond donors (Lipinski definition) is 0. The zero-order chi connectivity index (χ0) is 15.0. The van der Waals surface area contributed by atoms with Crippen molar-refractivity contribution >= 4 is 37.5 Å². The fraction of sp³-hybridized carbons (Fsp3) is 0.111. The molecule has 0 unspecified atom stereocenters. The summed E-state index contributed by atoms with van der Waals surface area (Å²) in [6, 6.07) is 16.4. The number of nitrogens with zero attached hydrogens (tertiary/aromatic N) is 2. The molecule has 2 nitrogen and oxygen atoms in total. The van der Waals surface area contributed by atoms with Gasteiger partial charge in [0.15, 0.2) is 0 Å². The number of alkyl halides is 1. The van der Waals surface area contributed by atoms with Crippen molar-refractivity contribution in [3.8, 4) is 12.1 Å². The molecule has 0 bridgehead atoms. The van der Waals surface area contributed by atoms with E-state index >= 15 is 0 Å². The van der Waals surface area contributed by atoms with Gasteiger partial charge >= 0.3 is 0 Å². The normalized spacial score (nSPS) is 10.5. The highest BCUT2D eigenvalue weighted by molar-refractivity contribution is 9.08. The van der Waals surface area contributed by atoms with E-state index in [1.807, 2.05) is 31.2 Å². The quantitative estimate of drug-likeness (QED) is 0.467. The van der Waals surface area contributed by atoms with Gasteiger partial charge in [-0.2, -0.15) is 10.5 Å². The van der Waals surface area contributed by atoms with Crippen LogP contribution in [0, 0.1) is 29.6 Å². The van der Waals surface area contributed by atoms with Gasteiger partial charge in [0.1, 0.15) is 12.1 Å². The number of hydrogen-bond acceptors (Lipinski definition) is 2. The number of rotatable bonds is 1. The van der Waals surface area contributed by atoms with Crippen LogP contribution in [0.4, 0.5) is 0 Å². The van der Waals surface area contributed by atoms with Crippen molar-refractivity contribution in [1.82, 2.24) is 0 Å². The minimum Gasteiger partial charge on any atom is -0.192 e. The lowest BCUT2D eigenvalue weighted by Crippen LogP contribution is -1.92. The van der Waals surface area contributed by atoms with E-state index in [1.54, 1.807) is 0 Å². The van der Waals surface area contributed by atoms with Crippen molar-refractivity contribution in [3.63, 3.8) is 0 Å². The van der Waals surface area contributed by atoms with Gasteiger partial charge in [-0.05, 0) is 29.3 Å². The molecule has 0 radical (unpaired) electrons. The number of benzene rings is 3. The van der Waals surface area contributed by atoms with Gasteiger partial charge in [-0.25, -0.2) is 0 Å². The van der Waals surface area contributed by atoms with Crippen molar-refractivity contribution in [3.05, 3.63) is 58.7 Å². The Labute approximate surface area is 131 Å². The van der Waals surface area contributed by atoms with Crippen LogP contribution in [0.15, 0.2) is 36.4 Å². The molecule has 0 N–H and O–H groups in total. The zero-order valence-electron chi connectivity index (χ0n) is 11.4. The molecule has 21 heavy (non-hydrogen) atoms. The number of nitriles is 2. The Balaban J connectivity index is 2.64. The van der Waals surface area contributed by atoms with Crippen LogP contribution < -0.4 is 0 Å². The second kappa shape index (κ2) is 5.20. The van der Waals surface area contributed by atoms with E-state index in [0.717, 1.165) is 38.0 Å². The van der Waals surface area contributed by atoms with Gasteiger partial charge < -0.3 is 0 Å².